The first-order valence-electron chi connectivity index (χ1n) is 7.24. The average molecular weight is 306 g/mol. The van der Waals surface area contributed by atoms with Crippen molar-refractivity contribution in [2.75, 3.05) is 32.1 Å². The minimum Gasteiger partial charge on any atom is -0.489 e. The second-order valence-corrected chi connectivity index (χ2v) is 5.60. The molecular formula is C15H19FN4O2. The van der Waals surface area contributed by atoms with E-state index in [-0.39, 0.29) is 11.9 Å². The number of aromatic nitrogens is 2. The fraction of sp³-hybridized carbons (Fsp3) is 0.467. The summed E-state index contributed by atoms with van der Waals surface area (Å²) in [5.74, 6) is 1.45. The predicted molar refractivity (Wildman–Crippen MR) is 79.3 cm³/mol. The standard InChI is InChI=1S/C15H19FN4O2/c1-19(2)15-17-14(22-18-15)10-20-7-6-13(9-20)21-12-5-3-4-11(16)8-12/h3-5,8,13H,6-7,9-10H2,1-2H3/t13-/m1/s1. The molecule has 7 heteroatoms. The summed E-state index contributed by atoms with van der Waals surface area (Å²) in [5.41, 5.74) is 0. The van der Waals surface area contributed by atoms with Crippen molar-refractivity contribution in [3.05, 3.63) is 36.0 Å². The Balaban J connectivity index is 1.53. The van der Waals surface area contributed by atoms with Crippen LogP contribution >= 0.6 is 0 Å². The van der Waals surface area contributed by atoms with Crippen LogP contribution in [0.25, 0.3) is 0 Å². The van der Waals surface area contributed by atoms with Gasteiger partial charge in [0.25, 0.3) is 5.95 Å². The molecule has 3 rings (SSSR count). The van der Waals surface area contributed by atoms with E-state index in [1.54, 1.807) is 17.0 Å². The summed E-state index contributed by atoms with van der Waals surface area (Å²) in [6.07, 6.45) is 0.948. The van der Waals surface area contributed by atoms with Crippen molar-refractivity contribution in [3.8, 4) is 5.75 Å². The highest BCUT2D eigenvalue weighted by atomic mass is 19.1. The van der Waals surface area contributed by atoms with Gasteiger partial charge in [0.15, 0.2) is 0 Å². The van der Waals surface area contributed by atoms with Crippen molar-refractivity contribution in [2.45, 2.75) is 19.1 Å². The minimum atomic E-state index is -0.283. The third-order valence-electron chi connectivity index (χ3n) is 3.54. The molecule has 6 nitrogen and oxygen atoms in total. The highest BCUT2D eigenvalue weighted by Crippen LogP contribution is 2.20. The van der Waals surface area contributed by atoms with Crippen molar-refractivity contribution in [1.29, 1.82) is 0 Å². The van der Waals surface area contributed by atoms with Gasteiger partial charge in [-0.3, -0.25) is 4.90 Å². The summed E-state index contributed by atoms with van der Waals surface area (Å²) >= 11 is 0. The first kappa shape index (κ1) is 14.8. The second-order valence-electron chi connectivity index (χ2n) is 5.60. The zero-order chi connectivity index (χ0) is 15.5. The predicted octanol–water partition coefficient (Wildman–Crippen LogP) is 1.93. The highest BCUT2D eigenvalue weighted by molar-refractivity contribution is 5.24. The monoisotopic (exact) mass is 306 g/mol. The molecule has 1 aliphatic rings. The number of anilines is 1. The van der Waals surface area contributed by atoms with Gasteiger partial charge in [-0.2, -0.15) is 4.98 Å². The molecule has 1 saturated heterocycles. The molecule has 1 atom stereocenters. The van der Waals surface area contributed by atoms with Gasteiger partial charge in [-0.05, 0) is 23.7 Å². The van der Waals surface area contributed by atoms with E-state index in [0.717, 1.165) is 19.5 Å². The minimum absolute atomic E-state index is 0.0537. The molecule has 118 valence electrons. The first-order chi connectivity index (χ1) is 10.6. The smallest absolute Gasteiger partial charge is 0.265 e. The van der Waals surface area contributed by atoms with Gasteiger partial charge in [-0.1, -0.05) is 6.07 Å². The SMILES string of the molecule is CN(C)c1noc(CN2CC[C@@H](Oc3cccc(F)c3)C2)n1. The van der Waals surface area contributed by atoms with Gasteiger partial charge in [0.05, 0.1) is 6.54 Å². The molecule has 0 aliphatic carbocycles. The van der Waals surface area contributed by atoms with E-state index in [4.69, 9.17) is 9.26 Å². The second kappa shape index (κ2) is 6.31. The van der Waals surface area contributed by atoms with Crippen molar-refractivity contribution in [3.63, 3.8) is 0 Å². The average Bonchev–Trinajstić information content (AvgIpc) is 3.09. The maximum absolute atomic E-state index is 13.2. The van der Waals surface area contributed by atoms with E-state index in [1.807, 2.05) is 14.1 Å². The van der Waals surface area contributed by atoms with Crippen molar-refractivity contribution in [2.24, 2.45) is 0 Å². The lowest BCUT2D eigenvalue weighted by atomic mass is 10.3. The van der Waals surface area contributed by atoms with Gasteiger partial charge < -0.3 is 14.2 Å². The molecule has 1 aliphatic heterocycles. The number of ether oxygens (including phenoxy) is 1. The van der Waals surface area contributed by atoms with Gasteiger partial charge in [0, 0.05) is 33.3 Å². The molecule has 2 heterocycles. The summed E-state index contributed by atoms with van der Waals surface area (Å²) in [4.78, 5) is 8.30. The third kappa shape index (κ3) is 3.54. The van der Waals surface area contributed by atoms with E-state index in [9.17, 15) is 4.39 Å². The van der Waals surface area contributed by atoms with Gasteiger partial charge >= 0.3 is 0 Å². The molecule has 22 heavy (non-hydrogen) atoms. The largest absolute Gasteiger partial charge is 0.489 e. The normalized spacial score (nSPS) is 18.6. The molecule has 1 aromatic carbocycles. The van der Waals surface area contributed by atoms with Crippen LogP contribution in [0.4, 0.5) is 10.3 Å². The van der Waals surface area contributed by atoms with Crippen LogP contribution in [0, 0.1) is 5.82 Å². The number of nitrogens with zero attached hydrogens (tertiary/aromatic N) is 4. The van der Waals surface area contributed by atoms with Gasteiger partial charge in [-0.15, -0.1) is 0 Å². The summed E-state index contributed by atoms with van der Waals surface area (Å²) < 4.78 is 24.2. The Bertz CT molecular complexity index is 632. The number of hydrogen-bond donors (Lipinski definition) is 0. The summed E-state index contributed by atoms with van der Waals surface area (Å²) in [7, 11) is 3.74. The molecule has 0 saturated carbocycles. The maximum atomic E-state index is 13.2. The van der Waals surface area contributed by atoms with Crippen molar-refractivity contribution in [1.82, 2.24) is 15.0 Å². The molecule has 0 radical (unpaired) electrons. The molecule has 1 aromatic heterocycles. The van der Waals surface area contributed by atoms with Crippen molar-refractivity contribution < 1.29 is 13.7 Å². The molecule has 0 amide bonds. The summed E-state index contributed by atoms with van der Waals surface area (Å²) in [6.45, 7) is 2.25. The van der Waals surface area contributed by atoms with Crippen LogP contribution in [-0.4, -0.2) is 48.3 Å². The van der Waals surface area contributed by atoms with E-state index in [1.165, 1.54) is 12.1 Å². The number of hydrogen-bond acceptors (Lipinski definition) is 6. The molecule has 1 fully saturated rings. The van der Waals surface area contributed by atoms with Crippen LogP contribution in [0.3, 0.4) is 0 Å². The third-order valence-corrected chi connectivity index (χ3v) is 3.54. The van der Waals surface area contributed by atoms with Gasteiger partial charge in [0.2, 0.25) is 5.89 Å². The van der Waals surface area contributed by atoms with Gasteiger partial charge in [0.1, 0.15) is 17.7 Å². The fourth-order valence-corrected chi connectivity index (χ4v) is 2.45. The molecular weight excluding hydrogens is 287 g/mol. The molecule has 0 unspecified atom stereocenters. The summed E-state index contributed by atoms with van der Waals surface area (Å²) in [5, 5.41) is 3.89. The number of benzene rings is 1. The lowest BCUT2D eigenvalue weighted by molar-refractivity contribution is 0.190. The van der Waals surface area contributed by atoms with Crippen LogP contribution in [-0.2, 0) is 6.54 Å². The van der Waals surface area contributed by atoms with E-state index >= 15 is 0 Å². The maximum Gasteiger partial charge on any atom is 0.265 e. The molecule has 2 aromatic rings. The zero-order valence-corrected chi connectivity index (χ0v) is 12.7. The molecule has 0 N–H and O–H groups in total. The topological polar surface area (TPSA) is 54.6 Å². The Morgan fingerprint density at radius 2 is 2.32 bits per heavy atom. The molecule has 0 spiro atoms. The Morgan fingerprint density at radius 3 is 3.05 bits per heavy atom. The Labute approximate surface area is 128 Å². The van der Waals surface area contributed by atoms with Crippen LogP contribution in [0.5, 0.6) is 5.75 Å². The van der Waals surface area contributed by atoms with Crippen LogP contribution < -0.4 is 9.64 Å². The van der Waals surface area contributed by atoms with E-state index in [2.05, 4.69) is 15.0 Å². The number of halogens is 1. The fourth-order valence-electron chi connectivity index (χ4n) is 2.45. The number of rotatable bonds is 5. The molecule has 0 bridgehead atoms. The van der Waals surface area contributed by atoms with Crippen molar-refractivity contribution >= 4 is 5.95 Å². The number of likely N-dealkylation sites (tertiary alicyclic amines) is 1. The van der Waals surface area contributed by atoms with Crippen LogP contribution in [0.1, 0.15) is 12.3 Å². The Kier molecular flexibility index (Phi) is 4.24. The quantitative estimate of drug-likeness (QED) is 0.841. The lowest BCUT2D eigenvalue weighted by Gasteiger charge is -2.15. The summed E-state index contributed by atoms with van der Waals surface area (Å²) in [6, 6.07) is 6.24. The Hall–Kier alpha value is -2.15. The van der Waals surface area contributed by atoms with Gasteiger partial charge in [-0.25, -0.2) is 4.39 Å². The lowest BCUT2D eigenvalue weighted by Crippen LogP contribution is -2.24. The first-order valence-corrected chi connectivity index (χ1v) is 7.24. The highest BCUT2D eigenvalue weighted by Gasteiger charge is 2.25. The van der Waals surface area contributed by atoms with E-state index in [0.29, 0.717) is 24.1 Å². The van der Waals surface area contributed by atoms with E-state index < -0.39 is 0 Å². The van der Waals surface area contributed by atoms with Crippen LogP contribution in [0.15, 0.2) is 28.8 Å². The van der Waals surface area contributed by atoms with Crippen LogP contribution in [0.2, 0.25) is 0 Å². The Morgan fingerprint density at radius 1 is 1.45 bits per heavy atom. The zero-order valence-electron chi connectivity index (χ0n) is 12.7.